The third-order valence-corrected chi connectivity index (χ3v) is 4.81. The van der Waals surface area contributed by atoms with Crippen molar-refractivity contribution < 1.29 is 18.7 Å². The minimum Gasteiger partial charge on any atom is -0.457 e. The number of amides is 1. The predicted octanol–water partition coefficient (Wildman–Crippen LogP) is 5.27. The number of carbonyl (C=O) groups excluding carboxylic acids is 2. The third kappa shape index (κ3) is 5.10. The van der Waals surface area contributed by atoms with E-state index in [2.05, 4.69) is 5.32 Å². The van der Waals surface area contributed by atoms with Crippen LogP contribution in [0.4, 0.5) is 10.1 Å². The Morgan fingerprint density at radius 3 is 2.64 bits per heavy atom. The number of hydrogen-bond donors (Lipinski definition) is 1. The summed E-state index contributed by atoms with van der Waals surface area (Å²) in [5, 5.41) is 2.80. The maximum atomic E-state index is 14.5. The lowest BCUT2D eigenvalue weighted by atomic mass is 10.1. The zero-order chi connectivity index (χ0) is 20.3. The lowest BCUT2D eigenvalue weighted by Crippen LogP contribution is -2.22. The van der Waals surface area contributed by atoms with Crippen molar-refractivity contribution in [2.75, 3.05) is 5.32 Å². The van der Waals surface area contributed by atoms with Gasteiger partial charge in [-0.05, 0) is 56.7 Å². The molecule has 6 heteroatoms. The number of thioether (sulfide) groups is 1. The number of ether oxygens (including phenoxy) is 1. The molecule has 0 saturated heterocycles. The molecule has 3 rings (SSSR count). The second-order valence-corrected chi connectivity index (χ2v) is 8.29. The van der Waals surface area contributed by atoms with E-state index in [4.69, 9.17) is 4.74 Å². The molecule has 0 atom stereocenters. The van der Waals surface area contributed by atoms with Gasteiger partial charge in [0, 0.05) is 16.5 Å². The number of para-hydroxylation sites is 1. The van der Waals surface area contributed by atoms with Gasteiger partial charge in [0.1, 0.15) is 11.4 Å². The molecule has 0 aliphatic carbocycles. The monoisotopic (exact) mass is 397 g/mol. The fourth-order valence-electron chi connectivity index (χ4n) is 2.51. The van der Waals surface area contributed by atoms with Gasteiger partial charge in [-0.2, -0.15) is 0 Å². The van der Waals surface area contributed by atoms with Crippen LogP contribution in [0.2, 0.25) is 0 Å². The fourth-order valence-corrected chi connectivity index (χ4v) is 3.45. The lowest BCUT2D eigenvalue weighted by molar-refractivity contribution is -0.148. The van der Waals surface area contributed by atoms with E-state index in [0.717, 1.165) is 10.6 Å². The zero-order valence-electron chi connectivity index (χ0n) is 15.8. The SMILES string of the molecule is CC(C)(C)OC(=O)/C=C/c1ccc(/C=C2\Sc3ccccc3NC2=O)c(F)c1. The highest BCUT2D eigenvalue weighted by Gasteiger charge is 2.21. The Morgan fingerprint density at radius 1 is 1.18 bits per heavy atom. The molecule has 1 amide bonds. The summed E-state index contributed by atoms with van der Waals surface area (Å²) in [4.78, 5) is 25.3. The molecule has 2 aromatic rings. The Bertz CT molecular complexity index is 990. The van der Waals surface area contributed by atoms with Crippen molar-refractivity contribution in [1.82, 2.24) is 0 Å². The van der Waals surface area contributed by atoms with Gasteiger partial charge >= 0.3 is 5.97 Å². The second kappa shape index (κ2) is 8.02. The van der Waals surface area contributed by atoms with Crippen molar-refractivity contribution in [2.24, 2.45) is 0 Å². The van der Waals surface area contributed by atoms with Gasteiger partial charge in [0.2, 0.25) is 0 Å². The van der Waals surface area contributed by atoms with E-state index < -0.39 is 17.4 Å². The molecule has 0 aromatic heterocycles. The molecule has 2 aromatic carbocycles. The van der Waals surface area contributed by atoms with Crippen LogP contribution in [0.5, 0.6) is 0 Å². The van der Waals surface area contributed by atoms with E-state index in [1.807, 2.05) is 24.3 Å². The number of halogens is 1. The first-order chi connectivity index (χ1) is 13.2. The fraction of sp³-hybridized carbons (Fsp3) is 0.182. The average molecular weight is 397 g/mol. The Morgan fingerprint density at radius 2 is 1.93 bits per heavy atom. The maximum absolute atomic E-state index is 14.5. The number of rotatable bonds is 3. The van der Waals surface area contributed by atoms with Gasteiger partial charge in [-0.1, -0.05) is 36.0 Å². The van der Waals surface area contributed by atoms with E-state index in [9.17, 15) is 14.0 Å². The molecule has 28 heavy (non-hydrogen) atoms. The van der Waals surface area contributed by atoms with Gasteiger partial charge in [-0.3, -0.25) is 4.79 Å². The summed E-state index contributed by atoms with van der Waals surface area (Å²) in [5.74, 6) is -1.24. The van der Waals surface area contributed by atoms with Gasteiger partial charge in [0.15, 0.2) is 0 Å². The zero-order valence-corrected chi connectivity index (χ0v) is 16.6. The maximum Gasteiger partial charge on any atom is 0.331 e. The van der Waals surface area contributed by atoms with E-state index in [1.165, 1.54) is 36.1 Å². The van der Waals surface area contributed by atoms with Gasteiger partial charge < -0.3 is 10.1 Å². The molecule has 144 valence electrons. The van der Waals surface area contributed by atoms with Crippen LogP contribution in [-0.2, 0) is 14.3 Å². The number of benzene rings is 2. The van der Waals surface area contributed by atoms with E-state index in [1.54, 1.807) is 32.9 Å². The highest BCUT2D eigenvalue weighted by Crippen LogP contribution is 2.38. The van der Waals surface area contributed by atoms with Crippen LogP contribution in [-0.4, -0.2) is 17.5 Å². The summed E-state index contributed by atoms with van der Waals surface area (Å²) < 4.78 is 19.7. The van der Waals surface area contributed by atoms with Gasteiger partial charge in [-0.15, -0.1) is 0 Å². The quantitative estimate of drug-likeness (QED) is 0.567. The van der Waals surface area contributed by atoms with Gasteiger partial charge in [0.25, 0.3) is 5.91 Å². The van der Waals surface area contributed by atoms with Crippen molar-refractivity contribution in [2.45, 2.75) is 31.3 Å². The summed E-state index contributed by atoms with van der Waals surface area (Å²) in [6.45, 7) is 5.33. The van der Waals surface area contributed by atoms with E-state index in [0.29, 0.717) is 16.0 Å². The highest BCUT2D eigenvalue weighted by atomic mass is 32.2. The van der Waals surface area contributed by atoms with Crippen molar-refractivity contribution in [3.8, 4) is 0 Å². The predicted molar refractivity (Wildman–Crippen MR) is 110 cm³/mol. The topological polar surface area (TPSA) is 55.4 Å². The summed E-state index contributed by atoms with van der Waals surface area (Å²) in [6, 6.07) is 12.0. The standard InChI is InChI=1S/C22H20FNO3S/c1-22(2,3)27-20(25)11-9-14-8-10-15(16(23)12-14)13-19-21(26)24-17-6-4-5-7-18(17)28-19/h4-13H,1-3H3,(H,24,26)/b11-9+,19-13-. The summed E-state index contributed by atoms with van der Waals surface area (Å²) in [6.07, 6.45) is 4.28. The van der Waals surface area contributed by atoms with Gasteiger partial charge in [0.05, 0.1) is 10.6 Å². The first-order valence-electron chi connectivity index (χ1n) is 8.72. The summed E-state index contributed by atoms with van der Waals surface area (Å²) in [7, 11) is 0. The van der Waals surface area contributed by atoms with Crippen LogP contribution >= 0.6 is 11.8 Å². The smallest absolute Gasteiger partial charge is 0.331 e. The highest BCUT2D eigenvalue weighted by molar-refractivity contribution is 8.04. The molecule has 1 heterocycles. The summed E-state index contributed by atoms with van der Waals surface area (Å²) >= 11 is 1.30. The third-order valence-electron chi connectivity index (χ3n) is 3.71. The van der Waals surface area contributed by atoms with Gasteiger partial charge in [-0.25, -0.2) is 9.18 Å². The molecular formula is C22H20FNO3S. The van der Waals surface area contributed by atoms with Crippen LogP contribution in [0.25, 0.3) is 12.2 Å². The number of nitrogens with one attached hydrogen (secondary N) is 1. The van der Waals surface area contributed by atoms with E-state index in [-0.39, 0.29) is 5.91 Å². The van der Waals surface area contributed by atoms with Crippen LogP contribution in [0, 0.1) is 5.82 Å². The Kier molecular flexibility index (Phi) is 5.70. The van der Waals surface area contributed by atoms with Crippen molar-refractivity contribution >= 4 is 41.5 Å². The van der Waals surface area contributed by atoms with Crippen LogP contribution in [0.15, 0.2) is 58.3 Å². The first kappa shape index (κ1) is 19.9. The van der Waals surface area contributed by atoms with Crippen LogP contribution < -0.4 is 5.32 Å². The van der Waals surface area contributed by atoms with Crippen LogP contribution in [0.1, 0.15) is 31.9 Å². The minimum atomic E-state index is -0.584. The molecule has 0 fully saturated rings. The normalized spacial score (nSPS) is 15.4. The Hall–Kier alpha value is -2.86. The number of hydrogen-bond acceptors (Lipinski definition) is 4. The molecule has 0 saturated carbocycles. The number of anilines is 1. The van der Waals surface area contributed by atoms with Crippen molar-refractivity contribution in [3.63, 3.8) is 0 Å². The lowest BCUT2D eigenvalue weighted by Gasteiger charge is -2.18. The average Bonchev–Trinajstić information content (AvgIpc) is 2.61. The molecule has 1 N–H and O–H groups in total. The van der Waals surface area contributed by atoms with Crippen LogP contribution in [0.3, 0.4) is 0 Å². The number of fused-ring (bicyclic) bond motifs is 1. The Labute approximate surface area is 167 Å². The number of carbonyl (C=O) groups is 2. The molecule has 1 aliphatic heterocycles. The molecule has 0 bridgehead atoms. The molecular weight excluding hydrogens is 377 g/mol. The molecule has 0 spiro atoms. The largest absolute Gasteiger partial charge is 0.457 e. The molecule has 4 nitrogen and oxygen atoms in total. The van der Waals surface area contributed by atoms with Crippen molar-refractivity contribution in [3.05, 3.63) is 70.4 Å². The van der Waals surface area contributed by atoms with Crippen molar-refractivity contribution in [1.29, 1.82) is 0 Å². The molecule has 0 unspecified atom stereocenters. The molecule has 1 aliphatic rings. The minimum absolute atomic E-state index is 0.267. The first-order valence-corrected chi connectivity index (χ1v) is 9.53. The van der Waals surface area contributed by atoms with E-state index >= 15 is 0 Å². The Balaban J connectivity index is 1.77. The second-order valence-electron chi connectivity index (χ2n) is 7.21. The molecule has 0 radical (unpaired) electrons. The summed E-state index contributed by atoms with van der Waals surface area (Å²) in [5.41, 5.74) is 0.986. The number of esters is 1.